The highest BCUT2D eigenvalue weighted by atomic mass is 16.6. The van der Waals surface area contributed by atoms with Crippen molar-refractivity contribution in [3.8, 4) is 0 Å². The van der Waals surface area contributed by atoms with Gasteiger partial charge in [-0.1, -0.05) is 19.4 Å². The second kappa shape index (κ2) is 10.7. The minimum Gasteiger partial charge on any atom is -0.354 e. The van der Waals surface area contributed by atoms with Crippen LogP contribution in [0.3, 0.4) is 0 Å². The molecule has 8 heteroatoms. The summed E-state index contributed by atoms with van der Waals surface area (Å²) in [5.74, 6) is 1.89. The van der Waals surface area contributed by atoms with Crippen LogP contribution in [0.2, 0.25) is 0 Å². The third kappa shape index (κ3) is 5.18. The van der Waals surface area contributed by atoms with Gasteiger partial charge in [-0.25, -0.2) is 0 Å². The van der Waals surface area contributed by atoms with Gasteiger partial charge < -0.3 is 10.6 Å². The number of hydrogen-bond donors (Lipinski definition) is 2. The van der Waals surface area contributed by atoms with Gasteiger partial charge in [0.2, 0.25) is 11.8 Å². The summed E-state index contributed by atoms with van der Waals surface area (Å²) in [6.07, 6.45) is 12.9. The first-order chi connectivity index (χ1) is 18.6. The minimum absolute atomic E-state index is 0.00105. The van der Waals surface area contributed by atoms with Gasteiger partial charge in [-0.05, 0) is 103 Å². The van der Waals surface area contributed by atoms with E-state index in [1.165, 1.54) is 23.8 Å². The van der Waals surface area contributed by atoms with Crippen molar-refractivity contribution in [2.45, 2.75) is 65.2 Å². The number of nitro benzene ring substituents is 1. The van der Waals surface area contributed by atoms with Crippen molar-refractivity contribution in [2.24, 2.45) is 34.5 Å². The Morgan fingerprint density at radius 1 is 1.00 bits per heavy atom. The Balaban J connectivity index is 1.11. The van der Waals surface area contributed by atoms with Crippen molar-refractivity contribution in [1.29, 1.82) is 0 Å². The standard InChI is InChI=1S/C31H39N3O5/c1-30-15-13-23(35)19-21(30)6-9-24-25-10-11-27(31(25,2)16-14-26(24)30)29(37)33-18-17-32-28(36)12-5-20-3-7-22(8-4-20)34(38)39/h3-5,7-8,12,19,24-27H,6,9-11,13-18H2,1-2H3,(H,32,36)(H,33,37)/b12-5+/t24-,25-,26-,27+,30-,31-/m0/s1. The lowest BCUT2D eigenvalue weighted by molar-refractivity contribution is -0.384. The lowest BCUT2D eigenvalue weighted by atomic mass is 9.47. The Morgan fingerprint density at radius 3 is 2.49 bits per heavy atom. The smallest absolute Gasteiger partial charge is 0.269 e. The largest absolute Gasteiger partial charge is 0.354 e. The highest BCUT2D eigenvalue weighted by molar-refractivity contribution is 5.92. The molecule has 0 aliphatic heterocycles. The van der Waals surface area contributed by atoms with Gasteiger partial charge in [0, 0.05) is 43.6 Å². The first-order valence-electron chi connectivity index (χ1n) is 14.3. The quantitative estimate of drug-likeness (QED) is 0.222. The van der Waals surface area contributed by atoms with Crippen molar-refractivity contribution in [2.75, 3.05) is 13.1 Å². The number of benzene rings is 1. The Hall–Kier alpha value is -3.29. The molecule has 39 heavy (non-hydrogen) atoms. The van der Waals surface area contributed by atoms with Gasteiger partial charge in [-0.3, -0.25) is 24.5 Å². The van der Waals surface area contributed by atoms with Gasteiger partial charge in [-0.15, -0.1) is 0 Å². The third-order valence-electron chi connectivity index (χ3n) is 10.5. The average molecular weight is 534 g/mol. The van der Waals surface area contributed by atoms with E-state index in [9.17, 15) is 24.5 Å². The van der Waals surface area contributed by atoms with Gasteiger partial charge in [0.25, 0.3) is 5.69 Å². The highest BCUT2D eigenvalue weighted by Crippen LogP contribution is 2.66. The van der Waals surface area contributed by atoms with E-state index in [4.69, 9.17) is 0 Å². The van der Waals surface area contributed by atoms with Crippen LogP contribution in [0.25, 0.3) is 6.08 Å². The fourth-order valence-corrected chi connectivity index (χ4v) is 8.42. The van der Waals surface area contributed by atoms with Crippen molar-refractivity contribution in [3.63, 3.8) is 0 Å². The first-order valence-corrected chi connectivity index (χ1v) is 14.3. The van der Waals surface area contributed by atoms with Crippen LogP contribution in [0.15, 0.2) is 42.0 Å². The van der Waals surface area contributed by atoms with Crippen LogP contribution < -0.4 is 10.6 Å². The predicted molar refractivity (Wildman–Crippen MR) is 148 cm³/mol. The number of rotatable bonds is 7. The molecule has 8 nitrogen and oxygen atoms in total. The van der Waals surface area contributed by atoms with Gasteiger partial charge in [-0.2, -0.15) is 0 Å². The fourth-order valence-electron chi connectivity index (χ4n) is 8.42. The molecule has 1 aromatic carbocycles. The molecule has 0 aromatic heterocycles. The van der Waals surface area contributed by atoms with E-state index >= 15 is 0 Å². The molecule has 0 spiro atoms. The van der Waals surface area contributed by atoms with Gasteiger partial charge >= 0.3 is 0 Å². The number of carbonyl (C=O) groups excluding carboxylic acids is 3. The van der Waals surface area contributed by atoms with E-state index in [1.54, 1.807) is 18.2 Å². The zero-order chi connectivity index (χ0) is 27.8. The molecule has 0 unspecified atom stereocenters. The number of hydrogen-bond acceptors (Lipinski definition) is 5. The normalized spacial score (nSPS) is 33.5. The van der Waals surface area contributed by atoms with E-state index in [2.05, 4.69) is 24.5 Å². The molecule has 5 rings (SSSR count). The molecule has 1 aromatic rings. The maximum absolute atomic E-state index is 13.3. The van der Waals surface area contributed by atoms with Gasteiger partial charge in [0.15, 0.2) is 5.78 Å². The van der Waals surface area contributed by atoms with Gasteiger partial charge in [0.05, 0.1) is 4.92 Å². The van der Waals surface area contributed by atoms with Crippen molar-refractivity contribution in [3.05, 3.63) is 57.7 Å². The van der Waals surface area contributed by atoms with Crippen LogP contribution in [0.5, 0.6) is 0 Å². The summed E-state index contributed by atoms with van der Waals surface area (Å²) in [5.41, 5.74) is 2.22. The number of allylic oxidation sites excluding steroid dienone is 1. The van der Waals surface area contributed by atoms with E-state index < -0.39 is 4.92 Å². The molecule has 0 saturated heterocycles. The molecule has 4 aliphatic rings. The number of nitro groups is 1. The number of amides is 2. The molecule has 0 radical (unpaired) electrons. The second-order valence-corrected chi connectivity index (χ2v) is 12.4. The SMILES string of the molecule is C[C@]12CC[C@H]3[C@@H](CCC4=CC(=O)CC[C@@]43C)[C@@H]1CC[C@@H]2C(=O)NCCNC(=O)/C=C/c1ccc([N+](=O)[O-])cc1. The molecule has 6 atom stereocenters. The van der Waals surface area contributed by atoms with E-state index in [0.717, 1.165) is 44.9 Å². The first kappa shape index (κ1) is 27.3. The fraction of sp³-hybridized carbons (Fsp3) is 0.581. The van der Waals surface area contributed by atoms with Crippen LogP contribution in [0.1, 0.15) is 70.8 Å². The maximum atomic E-state index is 13.3. The van der Waals surface area contributed by atoms with Crippen LogP contribution in [-0.2, 0) is 14.4 Å². The van der Waals surface area contributed by atoms with Crippen molar-refractivity contribution < 1.29 is 19.3 Å². The van der Waals surface area contributed by atoms with E-state index in [-0.39, 0.29) is 40.0 Å². The van der Waals surface area contributed by atoms with Crippen LogP contribution >= 0.6 is 0 Å². The molecule has 3 saturated carbocycles. The highest BCUT2D eigenvalue weighted by Gasteiger charge is 2.60. The zero-order valence-corrected chi connectivity index (χ0v) is 22.9. The van der Waals surface area contributed by atoms with Gasteiger partial charge in [0.1, 0.15) is 0 Å². The Kier molecular flexibility index (Phi) is 7.49. The van der Waals surface area contributed by atoms with E-state index in [1.807, 2.05) is 6.08 Å². The summed E-state index contributed by atoms with van der Waals surface area (Å²) in [6, 6.07) is 5.97. The Bertz CT molecular complexity index is 1220. The van der Waals surface area contributed by atoms with Crippen LogP contribution in [0.4, 0.5) is 5.69 Å². The molecule has 2 N–H and O–H groups in total. The molecule has 4 aliphatic carbocycles. The second-order valence-electron chi connectivity index (χ2n) is 12.4. The monoisotopic (exact) mass is 533 g/mol. The molecular formula is C31H39N3O5. The lowest BCUT2D eigenvalue weighted by Gasteiger charge is -2.58. The summed E-state index contributed by atoms with van der Waals surface area (Å²) < 4.78 is 0. The lowest BCUT2D eigenvalue weighted by Crippen LogP contribution is -2.52. The summed E-state index contributed by atoms with van der Waals surface area (Å²) in [6.45, 7) is 5.42. The minimum atomic E-state index is -0.463. The molecule has 2 amide bonds. The average Bonchev–Trinajstić information content (AvgIpc) is 3.27. The number of fused-ring (bicyclic) bond motifs is 5. The Labute approximate surface area is 229 Å². The Morgan fingerprint density at radius 2 is 1.74 bits per heavy atom. The van der Waals surface area contributed by atoms with Crippen LogP contribution in [-0.4, -0.2) is 35.6 Å². The summed E-state index contributed by atoms with van der Waals surface area (Å²) in [7, 11) is 0. The van der Waals surface area contributed by atoms with E-state index in [0.29, 0.717) is 42.8 Å². The number of nitrogens with zero attached hydrogens (tertiary/aromatic N) is 1. The molecule has 0 bridgehead atoms. The summed E-state index contributed by atoms with van der Waals surface area (Å²) in [5, 5.41) is 16.6. The molecule has 208 valence electrons. The maximum Gasteiger partial charge on any atom is 0.269 e. The summed E-state index contributed by atoms with van der Waals surface area (Å²) in [4.78, 5) is 47.8. The van der Waals surface area contributed by atoms with Crippen LogP contribution in [0, 0.1) is 44.6 Å². The number of ketones is 1. The number of carbonyl (C=O) groups is 3. The molecular weight excluding hydrogens is 494 g/mol. The summed E-state index contributed by atoms with van der Waals surface area (Å²) >= 11 is 0. The van der Waals surface area contributed by atoms with Crippen molar-refractivity contribution in [1.82, 2.24) is 10.6 Å². The number of nitrogens with one attached hydrogen (secondary N) is 2. The molecule has 0 heterocycles. The third-order valence-corrected chi connectivity index (χ3v) is 10.5. The number of non-ortho nitro benzene ring substituents is 1. The predicted octanol–water partition coefficient (Wildman–Crippen LogP) is 4.99. The zero-order valence-electron chi connectivity index (χ0n) is 22.9. The topological polar surface area (TPSA) is 118 Å². The van der Waals surface area contributed by atoms with Crippen molar-refractivity contribution >= 4 is 29.4 Å². The molecule has 3 fully saturated rings.